The fraction of sp³-hybridized carbons (Fsp3) is 0.300. The second kappa shape index (κ2) is 10.5. The third-order valence-corrected chi connectivity index (χ3v) is 6.21. The molecular weight excluding hydrogens is 485 g/mol. The standard InChI is InChI=1S/C20H22Cl3N3O4S/c1-12(2)10-24-20(28)13-6-4-5-7-17(13)25-19(27)11-26(31(3,29)30)18-9-15(22)14(21)8-16(18)23/h4-9,12H,10-11H2,1-3H3,(H,24,28)(H,25,27). The van der Waals surface area contributed by atoms with E-state index in [1.54, 1.807) is 24.3 Å². The lowest BCUT2D eigenvalue weighted by molar-refractivity contribution is -0.114. The number of nitrogens with one attached hydrogen (secondary N) is 2. The average Bonchev–Trinajstić information content (AvgIpc) is 2.67. The van der Waals surface area contributed by atoms with E-state index in [2.05, 4.69) is 10.6 Å². The molecule has 0 spiro atoms. The Morgan fingerprint density at radius 1 is 1.03 bits per heavy atom. The molecular formula is C20H22Cl3N3O4S. The minimum absolute atomic E-state index is 0.0108. The van der Waals surface area contributed by atoms with E-state index in [0.717, 1.165) is 10.6 Å². The predicted octanol–water partition coefficient (Wildman–Crippen LogP) is 4.44. The molecule has 0 saturated heterocycles. The smallest absolute Gasteiger partial charge is 0.253 e. The van der Waals surface area contributed by atoms with E-state index in [9.17, 15) is 18.0 Å². The first kappa shape index (κ1) is 25.3. The molecule has 0 bridgehead atoms. The van der Waals surface area contributed by atoms with Crippen molar-refractivity contribution in [1.29, 1.82) is 0 Å². The van der Waals surface area contributed by atoms with Crippen molar-refractivity contribution in [2.45, 2.75) is 13.8 Å². The van der Waals surface area contributed by atoms with Crippen molar-refractivity contribution >= 4 is 68.0 Å². The highest BCUT2D eigenvalue weighted by molar-refractivity contribution is 7.92. The van der Waals surface area contributed by atoms with Crippen LogP contribution in [-0.2, 0) is 14.8 Å². The highest BCUT2D eigenvalue weighted by Crippen LogP contribution is 2.35. The minimum Gasteiger partial charge on any atom is -0.352 e. The number of amides is 2. The van der Waals surface area contributed by atoms with Gasteiger partial charge in [-0.2, -0.15) is 0 Å². The first-order valence-corrected chi connectivity index (χ1v) is 12.2. The summed E-state index contributed by atoms with van der Waals surface area (Å²) in [5.41, 5.74) is 0.522. The van der Waals surface area contributed by atoms with Gasteiger partial charge in [-0.25, -0.2) is 8.42 Å². The zero-order valence-corrected chi connectivity index (χ0v) is 20.2. The maximum atomic E-state index is 12.7. The monoisotopic (exact) mass is 505 g/mol. The number of anilines is 2. The van der Waals surface area contributed by atoms with Gasteiger partial charge in [-0.3, -0.25) is 13.9 Å². The van der Waals surface area contributed by atoms with Crippen molar-refractivity contribution in [3.63, 3.8) is 0 Å². The quantitative estimate of drug-likeness (QED) is 0.518. The Kier molecular flexibility index (Phi) is 8.59. The molecule has 0 radical (unpaired) electrons. The Morgan fingerprint density at radius 2 is 1.65 bits per heavy atom. The highest BCUT2D eigenvalue weighted by Gasteiger charge is 2.25. The Hall–Kier alpha value is -2.00. The molecule has 31 heavy (non-hydrogen) atoms. The van der Waals surface area contributed by atoms with Crippen molar-refractivity contribution < 1.29 is 18.0 Å². The number of carbonyl (C=O) groups is 2. The van der Waals surface area contributed by atoms with Crippen LogP contribution in [0.4, 0.5) is 11.4 Å². The fourth-order valence-corrected chi connectivity index (χ4v) is 4.14. The van der Waals surface area contributed by atoms with Crippen LogP contribution >= 0.6 is 34.8 Å². The lowest BCUT2D eigenvalue weighted by Crippen LogP contribution is -2.38. The van der Waals surface area contributed by atoms with Gasteiger partial charge in [0.2, 0.25) is 15.9 Å². The van der Waals surface area contributed by atoms with Crippen LogP contribution in [0.1, 0.15) is 24.2 Å². The summed E-state index contributed by atoms with van der Waals surface area (Å²) < 4.78 is 25.5. The van der Waals surface area contributed by atoms with E-state index in [1.165, 1.54) is 12.1 Å². The molecule has 0 aliphatic rings. The second-order valence-electron chi connectivity index (χ2n) is 7.18. The summed E-state index contributed by atoms with van der Waals surface area (Å²) in [6.45, 7) is 3.81. The Labute approximate surface area is 196 Å². The molecule has 0 unspecified atom stereocenters. The normalized spacial score (nSPS) is 11.3. The van der Waals surface area contributed by atoms with E-state index in [0.29, 0.717) is 6.54 Å². The summed E-state index contributed by atoms with van der Waals surface area (Å²) in [7, 11) is -3.89. The van der Waals surface area contributed by atoms with Crippen LogP contribution in [0, 0.1) is 5.92 Å². The number of hydrogen-bond acceptors (Lipinski definition) is 4. The summed E-state index contributed by atoms with van der Waals surface area (Å²) in [6.07, 6.45) is 0.937. The number of hydrogen-bond donors (Lipinski definition) is 2. The van der Waals surface area contributed by atoms with E-state index in [-0.39, 0.29) is 43.8 Å². The second-order valence-corrected chi connectivity index (χ2v) is 10.3. The van der Waals surface area contributed by atoms with Crippen LogP contribution in [0.15, 0.2) is 36.4 Å². The maximum absolute atomic E-state index is 12.7. The molecule has 2 N–H and O–H groups in total. The molecule has 11 heteroatoms. The van der Waals surface area contributed by atoms with E-state index >= 15 is 0 Å². The number of halogens is 3. The van der Waals surface area contributed by atoms with Crippen LogP contribution < -0.4 is 14.9 Å². The molecule has 7 nitrogen and oxygen atoms in total. The molecule has 0 atom stereocenters. The number of para-hydroxylation sites is 1. The van der Waals surface area contributed by atoms with Gasteiger partial charge in [0.1, 0.15) is 6.54 Å². The molecule has 0 aliphatic carbocycles. The number of benzene rings is 2. The Morgan fingerprint density at radius 3 is 2.26 bits per heavy atom. The van der Waals surface area contributed by atoms with Crippen LogP contribution in [0.3, 0.4) is 0 Å². The summed E-state index contributed by atoms with van der Waals surface area (Å²) in [4.78, 5) is 25.2. The summed E-state index contributed by atoms with van der Waals surface area (Å²) in [5.74, 6) is -0.765. The van der Waals surface area contributed by atoms with Gasteiger partial charge in [0.05, 0.1) is 38.3 Å². The van der Waals surface area contributed by atoms with E-state index in [1.807, 2.05) is 13.8 Å². The Balaban J connectivity index is 2.28. The fourth-order valence-electron chi connectivity index (χ4n) is 2.59. The molecule has 2 amide bonds. The van der Waals surface area contributed by atoms with Crippen molar-refractivity contribution in [2.24, 2.45) is 5.92 Å². The third-order valence-electron chi connectivity index (χ3n) is 4.06. The molecule has 0 aliphatic heterocycles. The van der Waals surface area contributed by atoms with Gasteiger partial charge in [0.25, 0.3) is 5.91 Å². The summed E-state index contributed by atoms with van der Waals surface area (Å²) >= 11 is 18.0. The van der Waals surface area contributed by atoms with Gasteiger partial charge in [0.15, 0.2) is 0 Å². The van der Waals surface area contributed by atoms with Gasteiger partial charge in [0, 0.05) is 6.54 Å². The lowest BCUT2D eigenvalue weighted by Gasteiger charge is -2.23. The Bertz CT molecular complexity index is 1090. The first-order valence-electron chi connectivity index (χ1n) is 9.19. The van der Waals surface area contributed by atoms with Crippen LogP contribution in [-0.4, -0.2) is 39.6 Å². The van der Waals surface area contributed by atoms with E-state index < -0.39 is 22.5 Å². The number of carbonyl (C=O) groups excluding carboxylic acids is 2. The molecule has 0 aromatic heterocycles. The third kappa shape index (κ3) is 7.00. The molecule has 2 rings (SSSR count). The molecule has 168 valence electrons. The number of rotatable bonds is 8. The van der Waals surface area contributed by atoms with Crippen molar-refractivity contribution in [3.8, 4) is 0 Å². The van der Waals surface area contributed by atoms with Gasteiger partial charge in [-0.05, 0) is 30.2 Å². The van der Waals surface area contributed by atoms with Crippen molar-refractivity contribution in [2.75, 3.05) is 29.0 Å². The van der Waals surface area contributed by atoms with Crippen molar-refractivity contribution in [3.05, 3.63) is 57.0 Å². The highest BCUT2D eigenvalue weighted by atomic mass is 35.5. The molecule has 0 fully saturated rings. The number of sulfonamides is 1. The van der Waals surface area contributed by atoms with Gasteiger partial charge >= 0.3 is 0 Å². The maximum Gasteiger partial charge on any atom is 0.253 e. The summed E-state index contributed by atoms with van der Waals surface area (Å²) in [6, 6.07) is 9.00. The SMILES string of the molecule is CC(C)CNC(=O)c1ccccc1NC(=O)CN(c1cc(Cl)c(Cl)cc1Cl)S(C)(=O)=O. The van der Waals surface area contributed by atoms with Crippen LogP contribution in [0.25, 0.3) is 0 Å². The van der Waals surface area contributed by atoms with Crippen molar-refractivity contribution in [1.82, 2.24) is 5.32 Å². The molecule has 0 heterocycles. The minimum atomic E-state index is -3.89. The zero-order chi connectivity index (χ0) is 23.3. The molecule has 0 saturated carbocycles. The molecule has 2 aromatic rings. The predicted molar refractivity (Wildman–Crippen MR) is 126 cm³/mol. The van der Waals surface area contributed by atoms with Gasteiger partial charge < -0.3 is 10.6 Å². The molecule has 2 aromatic carbocycles. The van der Waals surface area contributed by atoms with Gasteiger partial charge in [-0.1, -0.05) is 60.8 Å². The van der Waals surface area contributed by atoms with Gasteiger partial charge in [-0.15, -0.1) is 0 Å². The van der Waals surface area contributed by atoms with Crippen LogP contribution in [0.2, 0.25) is 15.1 Å². The average molecular weight is 507 g/mol. The largest absolute Gasteiger partial charge is 0.352 e. The van der Waals surface area contributed by atoms with Crippen LogP contribution in [0.5, 0.6) is 0 Å². The number of nitrogens with zero attached hydrogens (tertiary/aromatic N) is 1. The zero-order valence-electron chi connectivity index (χ0n) is 17.1. The first-order chi connectivity index (χ1) is 14.4. The summed E-state index contributed by atoms with van der Waals surface area (Å²) in [5, 5.41) is 5.62. The lowest BCUT2D eigenvalue weighted by atomic mass is 10.1. The topological polar surface area (TPSA) is 95.6 Å². The van der Waals surface area contributed by atoms with E-state index in [4.69, 9.17) is 34.8 Å².